The van der Waals surface area contributed by atoms with Crippen molar-refractivity contribution in [2.75, 3.05) is 13.2 Å². The van der Waals surface area contributed by atoms with Crippen LogP contribution < -0.4 is 0 Å². The third-order valence-electron chi connectivity index (χ3n) is 4.65. The van der Waals surface area contributed by atoms with E-state index < -0.39 is 0 Å². The molecule has 1 aromatic heterocycles. The second-order valence-corrected chi connectivity index (χ2v) is 6.37. The molecule has 1 aliphatic heterocycles. The first kappa shape index (κ1) is 16.8. The molecule has 1 aliphatic rings. The van der Waals surface area contributed by atoms with Crippen LogP contribution in [-0.4, -0.2) is 40.0 Å². The Morgan fingerprint density at radius 3 is 2.75 bits per heavy atom. The third kappa shape index (κ3) is 3.90. The van der Waals surface area contributed by atoms with E-state index in [0.717, 1.165) is 41.9 Å². The standard InChI is InChI=1S/C19H25N3O2/c1-3-24-19(23)12-15-8-6-7-11-22(15)13-18-14(2)20-16-9-4-5-10-17(16)21-18/h4-5,9-10,15H,3,6-8,11-13H2,1-2H3. The van der Waals surface area contributed by atoms with Crippen molar-refractivity contribution in [3.63, 3.8) is 0 Å². The molecule has 0 saturated carbocycles. The molecular weight excluding hydrogens is 302 g/mol. The molecule has 1 unspecified atom stereocenters. The molecule has 0 bridgehead atoms. The van der Waals surface area contributed by atoms with Crippen molar-refractivity contribution in [3.8, 4) is 0 Å². The number of nitrogens with zero attached hydrogens (tertiary/aromatic N) is 3. The summed E-state index contributed by atoms with van der Waals surface area (Å²) in [5.41, 5.74) is 3.83. The molecule has 2 aromatic rings. The predicted octanol–water partition coefficient (Wildman–Crippen LogP) is 3.25. The number of benzene rings is 1. The molecule has 1 aromatic carbocycles. The normalized spacial score (nSPS) is 18.7. The fourth-order valence-electron chi connectivity index (χ4n) is 3.38. The summed E-state index contributed by atoms with van der Waals surface area (Å²) in [6, 6.07) is 8.20. The molecule has 1 atom stereocenters. The van der Waals surface area contributed by atoms with Gasteiger partial charge in [0.2, 0.25) is 0 Å². The zero-order chi connectivity index (χ0) is 16.9. The van der Waals surface area contributed by atoms with Crippen LogP contribution in [0.15, 0.2) is 24.3 Å². The highest BCUT2D eigenvalue weighted by molar-refractivity contribution is 5.74. The maximum absolute atomic E-state index is 11.9. The van der Waals surface area contributed by atoms with Crippen LogP contribution in [0.3, 0.4) is 0 Å². The van der Waals surface area contributed by atoms with E-state index in [4.69, 9.17) is 9.72 Å². The summed E-state index contributed by atoms with van der Waals surface area (Å²) in [4.78, 5) is 23.7. The first-order valence-electron chi connectivity index (χ1n) is 8.79. The first-order chi connectivity index (χ1) is 11.7. The topological polar surface area (TPSA) is 55.3 Å². The lowest BCUT2D eigenvalue weighted by molar-refractivity contribution is -0.145. The fourth-order valence-corrected chi connectivity index (χ4v) is 3.38. The van der Waals surface area contributed by atoms with Gasteiger partial charge in [0, 0.05) is 12.6 Å². The molecule has 0 N–H and O–H groups in total. The smallest absolute Gasteiger partial charge is 0.307 e. The molecule has 0 aliphatic carbocycles. The molecule has 3 rings (SSSR count). The number of piperidine rings is 1. The lowest BCUT2D eigenvalue weighted by Gasteiger charge is -2.35. The summed E-state index contributed by atoms with van der Waals surface area (Å²) in [7, 11) is 0. The van der Waals surface area contributed by atoms with Crippen LogP contribution >= 0.6 is 0 Å². The number of rotatable bonds is 5. The summed E-state index contributed by atoms with van der Waals surface area (Å²) in [5, 5.41) is 0. The molecule has 2 heterocycles. The van der Waals surface area contributed by atoms with Gasteiger partial charge in [0.25, 0.3) is 0 Å². The maximum Gasteiger partial charge on any atom is 0.307 e. The number of hydrogen-bond donors (Lipinski definition) is 0. The quantitative estimate of drug-likeness (QED) is 0.789. The summed E-state index contributed by atoms with van der Waals surface area (Å²) in [6.07, 6.45) is 3.84. The average Bonchev–Trinajstić information content (AvgIpc) is 2.57. The van der Waals surface area contributed by atoms with Gasteiger partial charge < -0.3 is 4.74 Å². The van der Waals surface area contributed by atoms with Gasteiger partial charge in [0.05, 0.1) is 35.4 Å². The van der Waals surface area contributed by atoms with E-state index in [1.807, 2.05) is 38.1 Å². The van der Waals surface area contributed by atoms with E-state index in [0.29, 0.717) is 13.0 Å². The van der Waals surface area contributed by atoms with Gasteiger partial charge in [-0.3, -0.25) is 9.69 Å². The third-order valence-corrected chi connectivity index (χ3v) is 4.65. The Morgan fingerprint density at radius 1 is 1.25 bits per heavy atom. The lowest BCUT2D eigenvalue weighted by atomic mass is 9.99. The van der Waals surface area contributed by atoms with Gasteiger partial charge in [0.15, 0.2) is 0 Å². The molecule has 5 heteroatoms. The molecule has 0 spiro atoms. The van der Waals surface area contributed by atoms with Crippen LogP contribution in [0.2, 0.25) is 0 Å². The van der Waals surface area contributed by atoms with Crippen LogP contribution in [-0.2, 0) is 16.1 Å². The Balaban J connectivity index is 1.77. The number of aryl methyl sites for hydroxylation is 1. The zero-order valence-electron chi connectivity index (χ0n) is 14.5. The van der Waals surface area contributed by atoms with E-state index in [2.05, 4.69) is 9.88 Å². The molecular formula is C19H25N3O2. The summed E-state index contributed by atoms with van der Waals surface area (Å²) in [6.45, 7) is 6.05. The molecule has 0 amide bonds. The Hall–Kier alpha value is -2.01. The van der Waals surface area contributed by atoms with Crippen molar-refractivity contribution in [2.45, 2.75) is 52.1 Å². The summed E-state index contributed by atoms with van der Waals surface area (Å²) < 4.78 is 5.13. The van der Waals surface area contributed by atoms with Crippen molar-refractivity contribution in [2.24, 2.45) is 0 Å². The number of ether oxygens (including phenoxy) is 1. The second kappa shape index (κ2) is 7.71. The minimum Gasteiger partial charge on any atom is -0.466 e. The van der Waals surface area contributed by atoms with Crippen LogP contribution in [0.1, 0.15) is 44.0 Å². The molecule has 24 heavy (non-hydrogen) atoms. The zero-order valence-corrected chi connectivity index (χ0v) is 14.5. The molecule has 0 radical (unpaired) electrons. The summed E-state index contributed by atoms with van der Waals surface area (Å²) >= 11 is 0. The number of para-hydroxylation sites is 2. The highest BCUT2D eigenvalue weighted by Crippen LogP contribution is 2.23. The highest BCUT2D eigenvalue weighted by atomic mass is 16.5. The Morgan fingerprint density at radius 2 is 2.00 bits per heavy atom. The largest absolute Gasteiger partial charge is 0.466 e. The number of fused-ring (bicyclic) bond motifs is 1. The Kier molecular flexibility index (Phi) is 5.41. The van der Waals surface area contributed by atoms with Gasteiger partial charge in [-0.15, -0.1) is 0 Å². The van der Waals surface area contributed by atoms with E-state index in [9.17, 15) is 4.79 Å². The molecule has 5 nitrogen and oxygen atoms in total. The van der Waals surface area contributed by atoms with E-state index >= 15 is 0 Å². The monoisotopic (exact) mass is 327 g/mol. The van der Waals surface area contributed by atoms with Crippen LogP contribution in [0, 0.1) is 6.92 Å². The minimum absolute atomic E-state index is 0.101. The number of likely N-dealkylation sites (tertiary alicyclic amines) is 1. The van der Waals surface area contributed by atoms with Gasteiger partial charge in [-0.2, -0.15) is 0 Å². The van der Waals surface area contributed by atoms with Gasteiger partial charge in [-0.05, 0) is 45.4 Å². The Bertz CT molecular complexity index is 717. The second-order valence-electron chi connectivity index (χ2n) is 6.37. The number of esters is 1. The minimum atomic E-state index is -0.101. The number of hydrogen-bond acceptors (Lipinski definition) is 5. The van der Waals surface area contributed by atoms with Gasteiger partial charge in [0.1, 0.15) is 0 Å². The molecule has 128 valence electrons. The van der Waals surface area contributed by atoms with Crippen molar-refractivity contribution < 1.29 is 9.53 Å². The Labute approximate surface area is 143 Å². The van der Waals surface area contributed by atoms with Crippen LogP contribution in [0.4, 0.5) is 0 Å². The predicted molar refractivity (Wildman–Crippen MR) is 93.6 cm³/mol. The fraction of sp³-hybridized carbons (Fsp3) is 0.526. The molecule has 1 fully saturated rings. The van der Waals surface area contributed by atoms with Gasteiger partial charge in [-0.1, -0.05) is 18.6 Å². The summed E-state index contributed by atoms with van der Waals surface area (Å²) in [5.74, 6) is -0.101. The first-order valence-corrected chi connectivity index (χ1v) is 8.79. The van der Waals surface area contributed by atoms with Gasteiger partial charge in [-0.25, -0.2) is 9.97 Å². The van der Waals surface area contributed by atoms with Crippen LogP contribution in [0.25, 0.3) is 11.0 Å². The van der Waals surface area contributed by atoms with Crippen molar-refractivity contribution >= 4 is 17.0 Å². The van der Waals surface area contributed by atoms with E-state index in [-0.39, 0.29) is 12.0 Å². The highest BCUT2D eigenvalue weighted by Gasteiger charge is 2.26. The lowest BCUT2D eigenvalue weighted by Crippen LogP contribution is -2.40. The van der Waals surface area contributed by atoms with E-state index in [1.54, 1.807) is 0 Å². The van der Waals surface area contributed by atoms with Gasteiger partial charge >= 0.3 is 5.97 Å². The number of carbonyl (C=O) groups is 1. The van der Waals surface area contributed by atoms with Crippen molar-refractivity contribution in [1.82, 2.24) is 14.9 Å². The van der Waals surface area contributed by atoms with E-state index in [1.165, 1.54) is 12.8 Å². The van der Waals surface area contributed by atoms with Crippen molar-refractivity contribution in [3.05, 3.63) is 35.7 Å². The van der Waals surface area contributed by atoms with Crippen LogP contribution in [0.5, 0.6) is 0 Å². The number of carbonyl (C=O) groups excluding carboxylic acids is 1. The average molecular weight is 327 g/mol. The number of aromatic nitrogens is 2. The maximum atomic E-state index is 11.9. The SMILES string of the molecule is CCOC(=O)CC1CCCCN1Cc1nc2ccccc2nc1C. The molecule has 1 saturated heterocycles. The van der Waals surface area contributed by atoms with Crippen molar-refractivity contribution in [1.29, 1.82) is 0 Å².